The zero-order chi connectivity index (χ0) is 27.8. The van der Waals surface area contributed by atoms with Crippen molar-refractivity contribution in [3.63, 3.8) is 0 Å². The summed E-state index contributed by atoms with van der Waals surface area (Å²) in [6.07, 6.45) is 20.1. The van der Waals surface area contributed by atoms with Crippen molar-refractivity contribution in [2.75, 3.05) is 0 Å². The van der Waals surface area contributed by atoms with E-state index in [1.165, 1.54) is 51.4 Å². The van der Waals surface area contributed by atoms with Crippen LogP contribution in [-0.2, 0) is 9.53 Å². The third-order valence-corrected chi connectivity index (χ3v) is 12.1. The van der Waals surface area contributed by atoms with Crippen molar-refractivity contribution in [1.82, 2.24) is 0 Å². The molecule has 39 heavy (non-hydrogen) atoms. The Balaban J connectivity index is 1.21. The van der Waals surface area contributed by atoms with Crippen molar-refractivity contribution < 1.29 is 9.53 Å². The van der Waals surface area contributed by atoms with Gasteiger partial charge in [-0.25, -0.2) is 4.79 Å². The minimum atomic E-state index is -0.235. The van der Waals surface area contributed by atoms with Gasteiger partial charge in [-0.2, -0.15) is 0 Å². The number of hydrogen-bond acceptors (Lipinski definition) is 2. The Labute approximate surface area is 243 Å². The fourth-order valence-electron chi connectivity index (χ4n) is 9.69. The molecule has 8 atom stereocenters. The van der Waals surface area contributed by atoms with Gasteiger partial charge in [0.2, 0.25) is 0 Å². The van der Waals surface area contributed by atoms with Gasteiger partial charge in [0.15, 0.2) is 0 Å². The van der Waals surface area contributed by atoms with Crippen LogP contribution in [0.5, 0.6) is 0 Å². The van der Waals surface area contributed by atoms with Crippen LogP contribution < -0.4 is 0 Å². The van der Waals surface area contributed by atoms with E-state index < -0.39 is 0 Å². The first kappa shape index (κ1) is 29.0. The quantitative estimate of drug-likeness (QED) is 0.183. The molecule has 4 aliphatic carbocycles. The van der Waals surface area contributed by atoms with Crippen LogP contribution in [0.25, 0.3) is 6.08 Å². The van der Waals surface area contributed by atoms with E-state index in [0.717, 1.165) is 60.3 Å². The fraction of sp³-hybridized carbons (Fsp3) is 0.694. The molecule has 0 aliphatic heterocycles. The smallest absolute Gasteiger partial charge is 0.331 e. The van der Waals surface area contributed by atoms with Gasteiger partial charge in [0.25, 0.3) is 0 Å². The molecule has 0 radical (unpaired) electrons. The van der Waals surface area contributed by atoms with E-state index >= 15 is 0 Å². The van der Waals surface area contributed by atoms with Crippen molar-refractivity contribution in [2.24, 2.45) is 46.3 Å². The molecule has 0 unspecified atom stereocenters. The van der Waals surface area contributed by atoms with Gasteiger partial charge < -0.3 is 4.74 Å². The van der Waals surface area contributed by atoms with Crippen molar-refractivity contribution in [3.8, 4) is 0 Å². The summed E-state index contributed by atoms with van der Waals surface area (Å²) >= 11 is 5.97. The summed E-state index contributed by atoms with van der Waals surface area (Å²) in [6.45, 7) is 12.5. The molecule has 1 aromatic rings. The third-order valence-electron chi connectivity index (χ3n) is 11.8. The summed E-state index contributed by atoms with van der Waals surface area (Å²) in [5, 5.41) is 0.699. The number of hydrogen-bond donors (Lipinski definition) is 0. The predicted molar refractivity (Wildman–Crippen MR) is 163 cm³/mol. The molecular formula is C36H51ClO2. The lowest BCUT2D eigenvalue weighted by Gasteiger charge is -2.58. The van der Waals surface area contributed by atoms with Gasteiger partial charge in [-0.1, -0.05) is 89.3 Å². The number of ether oxygens (including phenoxy) is 1. The topological polar surface area (TPSA) is 26.3 Å². The van der Waals surface area contributed by atoms with Crippen LogP contribution >= 0.6 is 11.6 Å². The van der Waals surface area contributed by atoms with E-state index in [4.69, 9.17) is 16.3 Å². The van der Waals surface area contributed by atoms with E-state index in [2.05, 4.69) is 40.7 Å². The van der Waals surface area contributed by atoms with Crippen LogP contribution in [-0.4, -0.2) is 12.1 Å². The molecule has 0 N–H and O–H groups in total. The molecule has 4 aliphatic rings. The Hall–Kier alpha value is -1.54. The molecule has 0 heterocycles. The van der Waals surface area contributed by atoms with Crippen molar-refractivity contribution in [3.05, 3.63) is 52.6 Å². The average molecular weight is 551 g/mol. The lowest BCUT2D eigenvalue weighted by molar-refractivity contribution is -0.145. The molecular weight excluding hydrogens is 500 g/mol. The molecule has 3 saturated carbocycles. The minimum absolute atomic E-state index is 0.000325. The van der Waals surface area contributed by atoms with Crippen LogP contribution in [0.1, 0.15) is 111 Å². The van der Waals surface area contributed by atoms with Crippen molar-refractivity contribution in [2.45, 2.75) is 111 Å². The number of allylic oxidation sites excluding steroid dienone is 1. The molecule has 0 amide bonds. The summed E-state index contributed by atoms with van der Waals surface area (Å²) in [4.78, 5) is 12.6. The lowest BCUT2D eigenvalue weighted by atomic mass is 9.47. The Kier molecular flexibility index (Phi) is 8.73. The number of carbonyl (C=O) groups is 1. The highest BCUT2D eigenvalue weighted by Crippen LogP contribution is 2.67. The van der Waals surface area contributed by atoms with Crippen LogP contribution in [0.4, 0.5) is 0 Å². The maximum Gasteiger partial charge on any atom is 0.331 e. The second-order valence-electron chi connectivity index (χ2n) is 14.5. The molecule has 0 spiro atoms. The van der Waals surface area contributed by atoms with Gasteiger partial charge in [-0.15, -0.1) is 0 Å². The van der Waals surface area contributed by atoms with Gasteiger partial charge in [0.1, 0.15) is 6.10 Å². The Morgan fingerprint density at radius 1 is 1.03 bits per heavy atom. The highest BCUT2D eigenvalue weighted by Gasteiger charge is 2.59. The molecule has 2 nitrogen and oxygen atoms in total. The van der Waals surface area contributed by atoms with Crippen molar-refractivity contribution >= 4 is 23.6 Å². The second-order valence-corrected chi connectivity index (χ2v) is 14.9. The molecule has 3 heteroatoms. The highest BCUT2D eigenvalue weighted by molar-refractivity contribution is 6.30. The molecule has 1 aromatic carbocycles. The molecule has 0 bridgehead atoms. The lowest BCUT2D eigenvalue weighted by Crippen LogP contribution is -2.51. The molecule has 0 saturated heterocycles. The van der Waals surface area contributed by atoms with Crippen LogP contribution in [0.15, 0.2) is 42.0 Å². The van der Waals surface area contributed by atoms with E-state index in [-0.39, 0.29) is 17.5 Å². The molecule has 214 valence electrons. The number of carbonyl (C=O) groups excluding carboxylic acids is 1. The number of esters is 1. The summed E-state index contributed by atoms with van der Waals surface area (Å²) in [7, 11) is 0. The Bertz CT molecular complexity index is 1070. The number of fused-ring (bicyclic) bond motifs is 5. The summed E-state index contributed by atoms with van der Waals surface area (Å²) in [6, 6.07) is 7.50. The van der Waals surface area contributed by atoms with Gasteiger partial charge in [0, 0.05) is 17.5 Å². The third kappa shape index (κ3) is 5.93. The van der Waals surface area contributed by atoms with E-state index in [9.17, 15) is 4.79 Å². The maximum atomic E-state index is 12.6. The molecule has 0 aromatic heterocycles. The van der Waals surface area contributed by atoms with Crippen molar-refractivity contribution in [1.29, 1.82) is 0 Å². The zero-order valence-electron chi connectivity index (χ0n) is 25.1. The van der Waals surface area contributed by atoms with Gasteiger partial charge in [-0.05, 0) is 115 Å². The Morgan fingerprint density at radius 2 is 1.79 bits per heavy atom. The minimum Gasteiger partial charge on any atom is -0.459 e. The zero-order valence-corrected chi connectivity index (χ0v) is 25.8. The molecule has 3 fully saturated rings. The SMILES string of the molecule is CC(C)CCC[C@@H](C)[C@H]1CC[C@H]2[C@@H]3CC=C4C[C@@H](OC(=O)/C=C/c5ccc(Cl)cc5)CC[C@]4(C)[C@H]3CC[C@]12C. The monoisotopic (exact) mass is 550 g/mol. The van der Waals surface area contributed by atoms with E-state index in [1.807, 2.05) is 30.3 Å². The summed E-state index contributed by atoms with van der Waals surface area (Å²) in [5.74, 6) is 4.88. The van der Waals surface area contributed by atoms with Gasteiger partial charge >= 0.3 is 5.97 Å². The fourth-order valence-corrected chi connectivity index (χ4v) is 9.82. The standard InChI is InChI=1S/C36H51ClO2/c1-24(2)7-6-8-25(3)31-16-17-32-30-15-12-27-23-29(19-21-35(27,4)33(30)20-22-36(31,32)5)39-34(38)18-11-26-9-13-28(37)14-10-26/h9-14,18,24-25,29-33H,6-8,15-17,19-23H2,1-5H3/b18-11+/t25-,29+,30+,31-,32+,33+,35+,36-/m1/s1. The van der Waals surface area contributed by atoms with Crippen LogP contribution in [0, 0.1) is 46.3 Å². The first-order valence-electron chi connectivity index (χ1n) is 15.9. The summed E-state index contributed by atoms with van der Waals surface area (Å²) < 4.78 is 5.95. The van der Waals surface area contributed by atoms with Crippen LogP contribution in [0.3, 0.4) is 0 Å². The average Bonchev–Trinajstić information content (AvgIpc) is 3.25. The molecule has 5 rings (SSSR count). The van der Waals surface area contributed by atoms with E-state index in [0.29, 0.717) is 10.4 Å². The normalized spacial score (nSPS) is 36.7. The largest absolute Gasteiger partial charge is 0.459 e. The predicted octanol–water partition coefficient (Wildman–Crippen LogP) is 10.3. The summed E-state index contributed by atoms with van der Waals surface area (Å²) in [5.41, 5.74) is 3.35. The van der Waals surface area contributed by atoms with Crippen LogP contribution in [0.2, 0.25) is 5.02 Å². The number of rotatable bonds is 8. The number of benzene rings is 1. The van der Waals surface area contributed by atoms with E-state index in [1.54, 1.807) is 11.6 Å². The highest BCUT2D eigenvalue weighted by atomic mass is 35.5. The number of halogens is 1. The Morgan fingerprint density at radius 3 is 2.54 bits per heavy atom. The first-order chi connectivity index (χ1) is 18.6. The first-order valence-corrected chi connectivity index (χ1v) is 16.3. The second kappa shape index (κ2) is 11.8. The van der Waals surface area contributed by atoms with Gasteiger partial charge in [0.05, 0.1) is 0 Å². The maximum absolute atomic E-state index is 12.6. The van der Waals surface area contributed by atoms with Gasteiger partial charge in [-0.3, -0.25) is 0 Å².